The van der Waals surface area contributed by atoms with E-state index in [9.17, 15) is 9.59 Å². The van der Waals surface area contributed by atoms with E-state index < -0.39 is 12.5 Å². The second kappa shape index (κ2) is 7.37. The van der Waals surface area contributed by atoms with Crippen LogP contribution in [-0.2, 0) is 25.5 Å². The fraction of sp³-hybridized carbons (Fsp3) is 0.143. The number of benzene rings is 2. The lowest BCUT2D eigenvalue weighted by Gasteiger charge is -2.13. The molecule has 0 aliphatic carbocycles. The molecule has 4 rings (SSSR count). The first-order valence-electron chi connectivity index (χ1n) is 8.63. The molecule has 2 heterocycles. The van der Waals surface area contributed by atoms with Crippen molar-refractivity contribution in [1.82, 2.24) is 0 Å². The Balaban J connectivity index is 1.32. The predicted octanol–water partition coefficient (Wildman–Crippen LogP) is 2.98. The van der Waals surface area contributed by atoms with Crippen molar-refractivity contribution < 1.29 is 19.1 Å². The molecular weight excluding hydrogens is 344 g/mol. The number of carbonyl (C=O) groups is 2. The second-order valence-corrected chi connectivity index (χ2v) is 6.29. The summed E-state index contributed by atoms with van der Waals surface area (Å²) >= 11 is 0. The zero-order chi connectivity index (χ0) is 18.6. The molecular formula is C21H18N2O4. The normalized spacial score (nSPS) is 20.4. The molecule has 0 spiro atoms. The predicted molar refractivity (Wildman–Crippen MR) is 101 cm³/mol. The third-order valence-electron chi connectivity index (χ3n) is 4.23. The van der Waals surface area contributed by atoms with Crippen molar-refractivity contribution in [2.75, 3.05) is 10.6 Å². The number of hydrogen-bond donors (Lipinski definition) is 2. The largest absolute Gasteiger partial charge is 0.435 e. The van der Waals surface area contributed by atoms with Gasteiger partial charge in [-0.25, -0.2) is 9.59 Å². The molecule has 27 heavy (non-hydrogen) atoms. The summed E-state index contributed by atoms with van der Waals surface area (Å²) in [6, 6.07) is 16.0. The Kier molecular flexibility index (Phi) is 4.61. The van der Waals surface area contributed by atoms with Gasteiger partial charge in [-0.05, 0) is 54.0 Å². The zero-order valence-corrected chi connectivity index (χ0v) is 14.4. The molecule has 0 fully saturated rings. The summed E-state index contributed by atoms with van der Waals surface area (Å²) < 4.78 is 10.1. The summed E-state index contributed by atoms with van der Waals surface area (Å²) in [5.41, 5.74) is 4.13. The van der Waals surface area contributed by atoms with Crippen molar-refractivity contribution >= 4 is 23.3 Å². The van der Waals surface area contributed by atoms with Crippen molar-refractivity contribution in [2.45, 2.75) is 18.9 Å². The average molecular weight is 362 g/mol. The Labute approximate surface area is 156 Å². The number of anilines is 2. The van der Waals surface area contributed by atoms with E-state index in [1.807, 2.05) is 48.5 Å². The fourth-order valence-corrected chi connectivity index (χ4v) is 2.90. The van der Waals surface area contributed by atoms with Crippen molar-refractivity contribution in [1.29, 1.82) is 0 Å². The Bertz CT molecular complexity index is 825. The molecule has 0 amide bonds. The Hall–Kier alpha value is -3.54. The number of cyclic esters (lactones) is 2. The number of hydrogen-bond acceptors (Lipinski definition) is 6. The maximum absolute atomic E-state index is 11.1. The van der Waals surface area contributed by atoms with E-state index in [2.05, 4.69) is 10.6 Å². The fourth-order valence-electron chi connectivity index (χ4n) is 2.90. The highest BCUT2D eigenvalue weighted by Crippen LogP contribution is 2.18. The topological polar surface area (TPSA) is 76.7 Å². The van der Waals surface area contributed by atoms with Crippen molar-refractivity contribution in [3.8, 4) is 0 Å². The van der Waals surface area contributed by atoms with E-state index in [4.69, 9.17) is 9.47 Å². The lowest BCUT2D eigenvalue weighted by atomic mass is 10.0. The Morgan fingerprint density at radius 3 is 1.41 bits per heavy atom. The molecule has 2 aromatic carbocycles. The van der Waals surface area contributed by atoms with Crippen LogP contribution in [0.15, 0.2) is 72.8 Å². The van der Waals surface area contributed by atoms with Crippen LogP contribution < -0.4 is 10.6 Å². The molecule has 2 aliphatic heterocycles. The average Bonchev–Trinajstić information content (AvgIpc) is 3.26. The maximum Gasteiger partial charge on any atom is 0.332 e. The first kappa shape index (κ1) is 16.9. The molecule has 0 saturated carbocycles. The van der Waals surface area contributed by atoms with Gasteiger partial charge in [0, 0.05) is 23.5 Å². The van der Waals surface area contributed by atoms with E-state index in [1.54, 1.807) is 12.2 Å². The van der Waals surface area contributed by atoms with Gasteiger partial charge >= 0.3 is 11.9 Å². The van der Waals surface area contributed by atoms with Crippen molar-refractivity contribution in [2.24, 2.45) is 0 Å². The van der Waals surface area contributed by atoms with Gasteiger partial charge in [0.25, 0.3) is 0 Å². The molecule has 136 valence electrons. The molecule has 0 radical (unpaired) electrons. The van der Waals surface area contributed by atoms with Gasteiger partial charge in [0.15, 0.2) is 12.5 Å². The number of rotatable bonds is 6. The number of esters is 2. The van der Waals surface area contributed by atoms with E-state index in [-0.39, 0.29) is 11.9 Å². The third kappa shape index (κ3) is 4.36. The van der Waals surface area contributed by atoms with Crippen LogP contribution in [-0.4, -0.2) is 24.4 Å². The van der Waals surface area contributed by atoms with E-state index in [0.29, 0.717) is 0 Å². The van der Waals surface area contributed by atoms with Gasteiger partial charge in [0.1, 0.15) is 0 Å². The summed E-state index contributed by atoms with van der Waals surface area (Å²) in [4.78, 5) is 22.1. The standard InChI is InChI=1S/C21H18N2O4/c24-20-11-9-18(26-20)22-16-5-1-14(2-6-16)13-15-3-7-17(8-4-15)23-19-10-12-21(25)27-19/h1-12,18-19,22-23H,13H2. The molecule has 0 aromatic heterocycles. The molecule has 0 saturated heterocycles. The minimum absolute atomic E-state index is 0.329. The molecule has 2 unspecified atom stereocenters. The van der Waals surface area contributed by atoms with Crippen LogP contribution in [0.2, 0.25) is 0 Å². The van der Waals surface area contributed by atoms with Gasteiger partial charge in [-0.3, -0.25) is 0 Å². The molecule has 2 aromatic rings. The van der Waals surface area contributed by atoms with Crippen LogP contribution in [0.5, 0.6) is 0 Å². The maximum atomic E-state index is 11.1. The van der Waals surface area contributed by atoms with E-state index >= 15 is 0 Å². The van der Waals surface area contributed by atoms with Crippen LogP contribution in [0, 0.1) is 0 Å². The van der Waals surface area contributed by atoms with Crippen LogP contribution >= 0.6 is 0 Å². The highest BCUT2D eigenvalue weighted by molar-refractivity contribution is 5.85. The molecule has 0 bridgehead atoms. The SMILES string of the molecule is O=C1C=CC(Nc2ccc(Cc3ccc(NC4C=CC(=O)O4)cc3)cc2)O1. The zero-order valence-electron chi connectivity index (χ0n) is 14.4. The summed E-state index contributed by atoms with van der Waals surface area (Å²) in [5, 5.41) is 6.26. The molecule has 2 N–H and O–H groups in total. The lowest BCUT2D eigenvalue weighted by molar-refractivity contribution is -0.138. The number of carbonyl (C=O) groups excluding carboxylic acids is 2. The first-order chi connectivity index (χ1) is 13.1. The van der Waals surface area contributed by atoms with Crippen LogP contribution in [0.25, 0.3) is 0 Å². The molecule has 6 nitrogen and oxygen atoms in total. The summed E-state index contributed by atoms with van der Waals surface area (Å²) in [6.45, 7) is 0. The van der Waals surface area contributed by atoms with Gasteiger partial charge in [-0.1, -0.05) is 24.3 Å². The number of ether oxygens (including phenoxy) is 2. The minimum atomic E-state index is -0.405. The summed E-state index contributed by atoms with van der Waals surface area (Å²) in [5.74, 6) is -0.659. The first-order valence-corrected chi connectivity index (χ1v) is 8.63. The third-order valence-corrected chi connectivity index (χ3v) is 4.23. The van der Waals surface area contributed by atoms with Crippen LogP contribution in [0.1, 0.15) is 11.1 Å². The number of nitrogens with one attached hydrogen (secondary N) is 2. The van der Waals surface area contributed by atoms with Gasteiger partial charge in [0.2, 0.25) is 0 Å². The monoisotopic (exact) mass is 362 g/mol. The van der Waals surface area contributed by atoms with Gasteiger partial charge in [-0.15, -0.1) is 0 Å². The van der Waals surface area contributed by atoms with E-state index in [1.165, 1.54) is 23.3 Å². The smallest absolute Gasteiger partial charge is 0.332 e. The van der Waals surface area contributed by atoms with Crippen molar-refractivity contribution in [3.05, 3.63) is 84.0 Å². The Morgan fingerprint density at radius 2 is 1.07 bits per heavy atom. The molecule has 2 atom stereocenters. The minimum Gasteiger partial charge on any atom is -0.435 e. The van der Waals surface area contributed by atoms with Gasteiger partial charge < -0.3 is 20.1 Å². The summed E-state index contributed by atoms with van der Waals surface area (Å²) in [6.07, 6.45) is 6.20. The highest BCUT2D eigenvalue weighted by atomic mass is 16.6. The molecule has 2 aliphatic rings. The van der Waals surface area contributed by atoms with Gasteiger partial charge in [-0.2, -0.15) is 0 Å². The Morgan fingerprint density at radius 1 is 0.667 bits per heavy atom. The van der Waals surface area contributed by atoms with E-state index in [0.717, 1.165) is 17.8 Å². The second-order valence-electron chi connectivity index (χ2n) is 6.29. The van der Waals surface area contributed by atoms with Gasteiger partial charge in [0.05, 0.1) is 0 Å². The summed E-state index contributed by atoms with van der Waals surface area (Å²) in [7, 11) is 0. The van der Waals surface area contributed by atoms with Crippen molar-refractivity contribution in [3.63, 3.8) is 0 Å². The quantitative estimate of drug-likeness (QED) is 0.770. The highest BCUT2D eigenvalue weighted by Gasteiger charge is 2.16. The van der Waals surface area contributed by atoms with Crippen LogP contribution in [0.3, 0.4) is 0 Å². The van der Waals surface area contributed by atoms with Crippen LogP contribution in [0.4, 0.5) is 11.4 Å². The molecule has 6 heteroatoms. The lowest BCUT2D eigenvalue weighted by Crippen LogP contribution is -2.18.